The third-order valence-corrected chi connectivity index (χ3v) is 2.74. The van der Waals surface area contributed by atoms with Crippen LogP contribution in [0.2, 0.25) is 0 Å². The maximum atomic E-state index is 13.1. The number of rotatable bonds is 3. The van der Waals surface area contributed by atoms with Gasteiger partial charge >= 0.3 is 0 Å². The van der Waals surface area contributed by atoms with Crippen LogP contribution in [0.4, 0.5) is 10.1 Å². The topological polar surface area (TPSA) is 64.9 Å². The van der Waals surface area contributed by atoms with E-state index in [-0.39, 0.29) is 17.6 Å². The molecule has 2 aromatic rings. The second-order valence-electron chi connectivity index (χ2n) is 4.00. The van der Waals surface area contributed by atoms with Crippen molar-refractivity contribution in [3.63, 3.8) is 0 Å². The van der Waals surface area contributed by atoms with Crippen molar-refractivity contribution >= 4 is 5.69 Å². The Bertz CT molecular complexity index is 524. The van der Waals surface area contributed by atoms with Gasteiger partial charge in [-0.05, 0) is 24.6 Å². The van der Waals surface area contributed by atoms with Crippen molar-refractivity contribution in [2.24, 2.45) is 0 Å². The Labute approximate surface area is 98.6 Å². The van der Waals surface area contributed by atoms with Gasteiger partial charge in [-0.25, -0.2) is 4.39 Å². The summed E-state index contributed by atoms with van der Waals surface area (Å²) in [5, 5.41) is 3.87. The van der Waals surface area contributed by atoms with Crippen LogP contribution in [-0.4, -0.2) is 10.1 Å². The van der Waals surface area contributed by atoms with Crippen molar-refractivity contribution < 1.29 is 8.91 Å². The molecule has 0 aliphatic carbocycles. The number of aromatic nitrogens is 2. The number of nitrogens with zero attached hydrogens (tertiary/aromatic N) is 2. The summed E-state index contributed by atoms with van der Waals surface area (Å²) < 4.78 is 18.2. The fourth-order valence-corrected chi connectivity index (χ4v) is 1.44. The maximum absolute atomic E-state index is 13.1. The Kier molecular flexibility index (Phi) is 3.08. The monoisotopic (exact) mass is 235 g/mol. The molecule has 0 saturated carbocycles. The Morgan fingerprint density at radius 2 is 2.24 bits per heavy atom. The van der Waals surface area contributed by atoms with E-state index in [4.69, 9.17) is 10.3 Å². The second-order valence-corrected chi connectivity index (χ2v) is 4.00. The number of nitrogens with two attached hydrogens (primary N) is 1. The maximum Gasteiger partial charge on any atom is 0.260 e. The molecule has 0 amide bonds. The first kappa shape index (κ1) is 11.6. The minimum atomic E-state index is -0.377. The second kappa shape index (κ2) is 4.53. The van der Waals surface area contributed by atoms with Crippen LogP contribution < -0.4 is 5.73 Å². The Hall–Kier alpha value is -1.91. The summed E-state index contributed by atoms with van der Waals surface area (Å²) in [7, 11) is 0. The zero-order chi connectivity index (χ0) is 12.4. The highest BCUT2D eigenvalue weighted by Crippen LogP contribution is 2.26. The fraction of sp³-hybridized carbons (Fsp3) is 0.333. The van der Waals surface area contributed by atoms with Crippen LogP contribution in [0, 0.1) is 5.82 Å². The van der Waals surface area contributed by atoms with Gasteiger partial charge in [-0.15, -0.1) is 0 Å². The van der Waals surface area contributed by atoms with Crippen LogP contribution >= 0.6 is 0 Å². The van der Waals surface area contributed by atoms with Gasteiger partial charge in [0.1, 0.15) is 5.82 Å². The molecular weight excluding hydrogens is 221 g/mol. The summed E-state index contributed by atoms with van der Waals surface area (Å²) in [4.78, 5) is 4.23. The molecule has 2 N–H and O–H groups in total. The molecule has 0 fully saturated rings. The van der Waals surface area contributed by atoms with Crippen molar-refractivity contribution in [3.8, 4) is 11.5 Å². The summed E-state index contributed by atoms with van der Waals surface area (Å²) in [5.74, 6) is 0.711. The normalized spacial score (nSPS) is 12.6. The van der Waals surface area contributed by atoms with E-state index in [1.54, 1.807) is 0 Å². The molecule has 0 saturated heterocycles. The molecule has 0 aliphatic heterocycles. The highest BCUT2D eigenvalue weighted by Gasteiger charge is 2.15. The van der Waals surface area contributed by atoms with E-state index in [2.05, 4.69) is 10.1 Å². The minimum absolute atomic E-state index is 0.210. The van der Waals surface area contributed by atoms with Gasteiger partial charge in [0.2, 0.25) is 0 Å². The van der Waals surface area contributed by atoms with E-state index < -0.39 is 0 Å². The van der Waals surface area contributed by atoms with Crippen LogP contribution in [0.1, 0.15) is 32.0 Å². The van der Waals surface area contributed by atoms with Gasteiger partial charge in [0.15, 0.2) is 5.82 Å². The molecule has 1 aromatic carbocycles. The molecule has 0 aliphatic rings. The summed E-state index contributed by atoms with van der Waals surface area (Å²) in [6.45, 7) is 4.04. The largest absolute Gasteiger partial charge is 0.398 e. The third kappa shape index (κ3) is 2.27. The molecule has 2 rings (SSSR count). The van der Waals surface area contributed by atoms with E-state index in [0.717, 1.165) is 6.42 Å². The molecule has 1 heterocycles. The van der Waals surface area contributed by atoms with Gasteiger partial charge in [0.05, 0.1) is 5.56 Å². The Balaban J connectivity index is 2.40. The first-order valence-corrected chi connectivity index (χ1v) is 5.50. The lowest BCUT2D eigenvalue weighted by molar-refractivity contribution is 0.416. The van der Waals surface area contributed by atoms with E-state index in [1.165, 1.54) is 18.2 Å². The molecule has 0 spiro atoms. The van der Waals surface area contributed by atoms with Crippen LogP contribution in [0.3, 0.4) is 0 Å². The zero-order valence-electron chi connectivity index (χ0n) is 9.77. The van der Waals surface area contributed by atoms with E-state index in [9.17, 15) is 4.39 Å². The average Bonchev–Trinajstić information content (AvgIpc) is 2.80. The number of nitrogen functional groups attached to an aromatic ring is 1. The zero-order valence-corrected chi connectivity index (χ0v) is 9.77. The average molecular weight is 235 g/mol. The van der Waals surface area contributed by atoms with Crippen molar-refractivity contribution in [2.45, 2.75) is 26.2 Å². The van der Waals surface area contributed by atoms with Crippen LogP contribution in [0.25, 0.3) is 11.5 Å². The summed E-state index contributed by atoms with van der Waals surface area (Å²) in [5.41, 5.74) is 6.60. The molecule has 5 heteroatoms. The number of hydrogen-bond donors (Lipinski definition) is 1. The van der Waals surface area contributed by atoms with E-state index >= 15 is 0 Å². The molecule has 0 bridgehead atoms. The number of benzene rings is 1. The molecule has 90 valence electrons. The van der Waals surface area contributed by atoms with Gasteiger partial charge < -0.3 is 10.3 Å². The van der Waals surface area contributed by atoms with Crippen molar-refractivity contribution in [1.29, 1.82) is 0 Å². The lowest BCUT2D eigenvalue weighted by Crippen LogP contribution is -1.94. The molecule has 1 unspecified atom stereocenters. The van der Waals surface area contributed by atoms with E-state index in [1.807, 2.05) is 13.8 Å². The number of hydrogen-bond acceptors (Lipinski definition) is 4. The smallest absolute Gasteiger partial charge is 0.260 e. The number of halogens is 1. The van der Waals surface area contributed by atoms with E-state index in [0.29, 0.717) is 17.1 Å². The molecule has 17 heavy (non-hydrogen) atoms. The quantitative estimate of drug-likeness (QED) is 0.830. The number of anilines is 1. The highest BCUT2D eigenvalue weighted by molar-refractivity contribution is 5.70. The third-order valence-electron chi connectivity index (χ3n) is 2.74. The van der Waals surface area contributed by atoms with Crippen LogP contribution in [0.15, 0.2) is 22.7 Å². The van der Waals surface area contributed by atoms with Crippen LogP contribution in [0.5, 0.6) is 0 Å². The SMILES string of the molecule is CCC(C)c1noc(-c2cc(F)ccc2N)n1. The van der Waals surface area contributed by atoms with Crippen molar-refractivity contribution in [2.75, 3.05) is 5.73 Å². The van der Waals surface area contributed by atoms with Gasteiger partial charge in [-0.1, -0.05) is 19.0 Å². The lowest BCUT2D eigenvalue weighted by atomic mass is 10.1. The molecule has 1 atom stereocenters. The fourth-order valence-electron chi connectivity index (χ4n) is 1.44. The first-order valence-electron chi connectivity index (χ1n) is 5.50. The molecular formula is C12H14FN3O. The molecule has 1 aromatic heterocycles. The van der Waals surface area contributed by atoms with Gasteiger partial charge in [-0.2, -0.15) is 4.98 Å². The highest BCUT2D eigenvalue weighted by atomic mass is 19.1. The lowest BCUT2D eigenvalue weighted by Gasteiger charge is -2.00. The van der Waals surface area contributed by atoms with Crippen molar-refractivity contribution in [1.82, 2.24) is 10.1 Å². The minimum Gasteiger partial charge on any atom is -0.398 e. The molecule has 0 radical (unpaired) electrons. The van der Waals surface area contributed by atoms with Gasteiger partial charge in [-0.3, -0.25) is 0 Å². The Morgan fingerprint density at radius 1 is 1.47 bits per heavy atom. The van der Waals surface area contributed by atoms with Crippen LogP contribution in [-0.2, 0) is 0 Å². The van der Waals surface area contributed by atoms with Crippen molar-refractivity contribution in [3.05, 3.63) is 29.8 Å². The standard InChI is InChI=1S/C12H14FN3O/c1-3-7(2)11-15-12(17-16-11)9-6-8(13)4-5-10(9)14/h4-7H,3,14H2,1-2H3. The molecule has 4 nitrogen and oxygen atoms in total. The van der Waals surface area contributed by atoms with Gasteiger partial charge in [0.25, 0.3) is 5.89 Å². The summed E-state index contributed by atoms with van der Waals surface area (Å²) >= 11 is 0. The summed E-state index contributed by atoms with van der Waals surface area (Å²) in [6.07, 6.45) is 0.914. The first-order chi connectivity index (χ1) is 8.11. The predicted octanol–water partition coefficient (Wildman–Crippen LogP) is 2.97. The van der Waals surface area contributed by atoms with Gasteiger partial charge in [0, 0.05) is 11.6 Å². The predicted molar refractivity (Wildman–Crippen MR) is 62.8 cm³/mol. The summed E-state index contributed by atoms with van der Waals surface area (Å²) in [6, 6.07) is 4.08. The Morgan fingerprint density at radius 3 is 2.94 bits per heavy atom.